The number of nitrogens with two attached hydrogens (primary N) is 1. The van der Waals surface area contributed by atoms with Crippen molar-refractivity contribution >= 4 is 7.60 Å². The Morgan fingerprint density at radius 3 is 2.00 bits per heavy atom. The van der Waals surface area contributed by atoms with Crippen molar-refractivity contribution in [2.75, 3.05) is 6.61 Å². The normalized spacial score (nSPS) is 14.2. The van der Waals surface area contributed by atoms with Crippen LogP contribution in [-0.2, 0) is 4.57 Å². The minimum atomic E-state index is -4.23. The summed E-state index contributed by atoms with van der Waals surface area (Å²) in [5, 5.41) is 8.05. The maximum atomic E-state index is 9.97. The summed E-state index contributed by atoms with van der Waals surface area (Å²) in [7, 11) is -4.23. The van der Waals surface area contributed by atoms with Crippen molar-refractivity contribution in [3.63, 3.8) is 0 Å². The van der Waals surface area contributed by atoms with Crippen molar-refractivity contribution in [3.05, 3.63) is 0 Å². The zero-order chi connectivity index (χ0) is 6.78. The summed E-state index contributed by atoms with van der Waals surface area (Å²) in [5.41, 5.74) is 4.74. The molecule has 0 amide bonds. The van der Waals surface area contributed by atoms with Gasteiger partial charge in [0.1, 0.15) is 5.78 Å². The van der Waals surface area contributed by atoms with E-state index >= 15 is 0 Å². The average molecular weight is 165 g/mol. The molecule has 0 aliphatic carbocycles. The second-order valence-corrected chi connectivity index (χ2v) is 3.18. The third-order valence-electron chi connectivity index (χ3n) is 0.619. The second-order valence-electron chi connectivity index (χ2n) is 1.34. The van der Waals surface area contributed by atoms with Gasteiger partial charge in [-0.3, -0.25) is 4.57 Å². The smallest absolute Gasteiger partial charge is 1.00 e. The molecule has 0 aliphatic rings. The van der Waals surface area contributed by atoms with Crippen LogP contribution in [0.3, 0.4) is 0 Å². The Bertz CT molecular complexity index is 118. The third kappa shape index (κ3) is 5.51. The molecule has 0 aromatic heterocycles. The summed E-state index contributed by atoms with van der Waals surface area (Å²) >= 11 is 0. The second kappa shape index (κ2) is 4.82. The zero-order valence-electron chi connectivity index (χ0n) is 6.06. The van der Waals surface area contributed by atoms with Gasteiger partial charge in [-0.25, -0.2) is 0 Å². The summed E-state index contributed by atoms with van der Waals surface area (Å²) in [4.78, 5) is 16.2. The van der Waals surface area contributed by atoms with Crippen LogP contribution in [0.5, 0.6) is 0 Å². The Hall–Kier alpha value is 1.07. The van der Waals surface area contributed by atoms with E-state index in [0.717, 1.165) is 0 Å². The first-order valence-corrected chi connectivity index (χ1v) is 3.58. The monoisotopic (exact) mass is 165 g/mol. The molecule has 5 N–H and O–H groups in total. The topological polar surface area (TPSA) is 104 Å². The number of hydrogen-bond acceptors (Lipinski definition) is 3. The quantitative estimate of drug-likeness (QED) is 0.244. The first-order valence-electron chi connectivity index (χ1n) is 1.90. The maximum absolute atomic E-state index is 9.97. The van der Waals surface area contributed by atoms with Crippen molar-refractivity contribution < 1.29 is 50.4 Å². The molecule has 0 spiro atoms. The largest absolute Gasteiger partial charge is 1.00 e. The maximum Gasteiger partial charge on any atom is 1.00 e. The number of hydrogen-bond donors (Lipinski definition) is 4. The summed E-state index contributed by atoms with van der Waals surface area (Å²) in [6, 6.07) is 0. The fourth-order valence-electron chi connectivity index (χ4n) is 0.106. The van der Waals surface area contributed by atoms with E-state index in [2.05, 4.69) is 0 Å². The van der Waals surface area contributed by atoms with Crippen molar-refractivity contribution in [2.45, 2.75) is 5.78 Å². The zero-order valence-corrected chi connectivity index (χ0v) is 7.95. The van der Waals surface area contributed by atoms with Gasteiger partial charge in [0.15, 0.2) is 0 Å². The first-order chi connectivity index (χ1) is 3.48. The van der Waals surface area contributed by atoms with Gasteiger partial charge in [-0.15, -0.1) is 0 Å². The van der Waals surface area contributed by atoms with Gasteiger partial charge < -0.3 is 22.1 Å². The summed E-state index contributed by atoms with van der Waals surface area (Å²) < 4.78 is 9.97. The minimum absolute atomic E-state index is 0. The van der Waals surface area contributed by atoms with E-state index in [0.29, 0.717) is 0 Å². The SMILES string of the molecule is NC(CO)P(=O)(O)O.[H-].[Na+]. The molecule has 7 heteroatoms. The number of aliphatic hydroxyl groups excluding tert-OH is 1. The Morgan fingerprint density at radius 1 is 1.67 bits per heavy atom. The van der Waals surface area contributed by atoms with Crippen molar-refractivity contribution in [1.82, 2.24) is 0 Å². The standard InChI is InChI=1S/C2H8NO4P.Na.H/c3-2(1-4)8(5,6)7;;/h2,4H,1,3H2,(H2,5,6,7);;/q;+1;-1. The molecule has 0 radical (unpaired) electrons. The molecular formula is C2H9NNaO4P. The first kappa shape index (κ1) is 12.7. The van der Waals surface area contributed by atoms with Crippen LogP contribution in [0, 0.1) is 0 Å². The van der Waals surface area contributed by atoms with E-state index in [1.807, 2.05) is 0 Å². The van der Waals surface area contributed by atoms with Crippen LogP contribution >= 0.6 is 7.60 Å². The number of rotatable bonds is 2. The number of aliphatic hydroxyl groups is 1. The van der Waals surface area contributed by atoms with Crippen LogP contribution in [-0.4, -0.2) is 27.3 Å². The van der Waals surface area contributed by atoms with Crippen LogP contribution in [0.25, 0.3) is 0 Å². The van der Waals surface area contributed by atoms with Gasteiger partial charge in [-0.2, -0.15) is 0 Å². The minimum Gasteiger partial charge on any atom is -1.00 e. The van der Waals surface area contributed by atoms with Crippen LogP contribution < -0.4 is 35.3 Å². The molecule has 0 saturated carbocycles. The molecular weight excluding hydrogens is 156 g/mol. The molecule has 9 heavy (non-hydrogen) atoms. The van der Waals surface area contributed by atoms with Gasteiger partial charge in [0.05, 0.1) is 6.61 Å². The Kier molecular flexibility index (Phi) is 6.81. The predicted octanol–water partition coefficient (Wildman–Crippen LogP) is -4.44. The van der Waals surface area contributed by atoms with Gasteiger partial charge in [-0.05, 0) is 0 Å². The van der Waals surface area contributed by atoms with E-state index in [1.54, 1.807) is 0 Å². The van der Waals surface area contributed by atoms with Crippen molar-refractivity contribution in [1.29, 1.82) is 0 Å². The molecule has 0 aliphatic heterocycles. The van der Waals surface area contributed by atoms with E-state index in [9.17, 15) is 4.57 Å². The van der Waals surface area contributed by atoms with Crippen molar-refractivity contribution in [3.8, 4) is 0 Å². The van der Waals surface area contributed by atoms with Gasteiger partial charge in [0, 0.05) is 0 Å². The molecule has 1 unspecified atom stereocenters. The molecule has 0 bridgehead atoms. The van der Waals surface area contributed by atoms with E-state index in [1.165, 1.54) is 0 Å². The molecule has 0 aromatic rings. The van der Waals surface area contributed by atoms with Gasteiger partial charge in [-0.1, -0.05) is 0 Å². The average Bonchev–Trinajstić information content (AvgIpc) is 1.62. The van der Waals surface area contributed by atoms with Crippen LogP contribution in [0.1, 0.15) is 1.43 Å². The Labute approximate surface area is 76.2 Å². The molecule has 5 nitrogen and oxygen atoms in total. The van der Waals surface area contributed by atoms with E-state index in [4.69, 9.17) is 20.6 Å². The van der Waals surface area contributed by atoms with Gasteiger partial charge >= 0.3 is 37.2 Å². The van der Waals surface area contributed by atoms with E-state index in [-0.39, 0.29) is 31.0 Å². The molecule has 0 fully saturated rings. The van der Waals surface area contributed by atoms with Crippen LogP contribution in [0.4, 0.5) is 0 Å². The molecule has 0 saturated heterocycles. The fourth-order valence-corrected chi connectivity index (χ4v) is 0.319. The summed E-state index contributed by atoms with van der Waals surface area (Å²) in [6.45, 7) is -0.690. The van der Waals surface area contributed by atoms with Crippen LogP contribution in [0.2, 0.25) is 0 Å². The summed E-state index contributed by atoms with van der Waals surface area (Å²) in [6.07, 6.45) is 0. The molecule has 52 valence electrons. The third-order valence-corrected chi connectivity index (χ3v) is 1.65. The molecule has 0 rings (SSSR count). The van der Waals surface area contributed by atoms with Crippen molar-refractivity contribution in [2.24, 2.45) is 5.73 Å². The molecule has 0 aromatic carbocycles. The van der Waals surface area contributed by atoms with Gasteiger partial charge in [0.2, 0.25) is 0 Å². The Morgan fingerprint density at radius 2 is 2.00 bits per heavy atom. The predicted molar refractivity (Wildman–Crippen MR) is 28.2 cm³/mol. The fraction of sp³-hybridized carbons (Fsp3) is 1.00. The summed E-state index contributed by atoms with van der Waals surface area (Å²) in [5.74, 6) is -1.43. The van der Waals surface area contributed by atoms with E-state index < -0.39 is 20.0 Å². The molecule has 1 atom stereocenters. The van der Waals surface area contributed by atoms with Crippen LogP contribution in [0.15, 0.2) is 0 Å². The Balaban J connectivity index is -0.000000245. The molecule has 0 heterocycles. The van der Waals surface area contributed by atoms with Gasteiger partial charge in [0.25, 0.3) is 0 Å².